The van der Waals surface area contributed by atoms with Gasteiger partial charge >= 0.3 is 5.76 Å². The van der Waals surface area contributed by atoms with Crippen LogP contribution in [0, 0.1) is 6.92 Å². The molecule has 1 N–H and O–H groups in total. The van der Waals surface area contributed by atoms with Crippen molar-refractivity contribution in [2.24, 2.45) is 0 Å². The lowest BCUT2D eigenvalue weighted by atomic mass is 10.3. The third kappa shape index (κ3) is 3.85. The van der Waals surface area contributed by atoms with Crippen LogP contribution in [0.15, 0.2) is 32.8 Å². The summed E-state index contributed by atoms with van der Waals surface area (Å²) < 4.78 is 6.58. The second-order valence-corrected chi connectivity index (χ2v) is 6.84. The van der Waals surface area contributed by atoms with Crippen LogP contribution in [0.5, 0.6) is 0 Å². The van der Waals surface area contributed by atoms with E-state index in [1.807, 2.05) is 12.3 Å². The van der Waals surface area contributed by atoms with E-state index < -0.39 is 5.76 Å². The van der Waals surface area contributed by atoms with Gasteiger partial charge in [0, 0.05) is 42.4 Å². The van der Waals surface area contributed by atoms with Gasteiger partial charge in [-0.2, -0.15) is 0 Å². The standard InChI is InChI=1S/C16H16ClN3O3S/c1-10-19-12(9-24-10)4-6-18-15(21)5-7-20-13-3-2-11(17)8-14(13)23-16(20)22/h2-3,8-9H,4-7H2,1H3,(H,18,21). The highest BCUT2D eigenvalue weighted by molar-refractivity contribution is 7.09. The first-order valence-electron chi connectivity index (χ1n) is 7.49. The number of benzene rings is 1. The molecule has 6 nitrogen and oxygen atoms in total. The van der Waals surface area contributed by atoms with Crippen LogP contribution in [-0.4, -0.2) is 22.0 Å². The number of rotatable bonds is 6. The normalized spacial score (nSPS) is 11.1. The third-order valence-corrected chi connectivity index (χ3v) is 4.62. The van der Waals surface area contributed by atoms with Gasteiger partial charge in [-0.1, -0.05) is 11.6 Å². The minimum Gasteiger partial charge on any atom is -0.408 e. The molecule has 1 amide bonds. The first-order chi connectivity index (χ1) is 11.5. The second-order valence-electron chi connectivity index (χ2n) is 5.34. The molecule has 2 heterocycles. The van der Waals surface area contributed by atoms with E-state index in [0.29, 0.717) is 29.1 Å². The fourth-order valence-electron chi connectivity index (χ4n) is 2.41. The first-order valence-corrected chi connectivity index (χ1v) is 8.75. The maximum atomic E-state index is 11.9. The number of thiazole rings is 1. The lowest BCUT2D eigenvalue weighted by Gasteiger charge is -2.05. The highest BCUT2D eigenvalue weighted by Gasteiger charge is 2.11. The molecule has 0 bridgehead atoms. The molecule has 0 atom stereocenters. The van der Waals surface area contributed by atoms with E-state index in [1.165, 1.54) is 4.57 Å². The van der Waals surface area contributed by atoms with Gasteiger partial charge in [-0.3, -0.25) is 9.36 Å². The Morgan fingerprint density at radius 1 is 1.46 bits per heavy atom. The van der Waals surface area contributed by atoms with Gasteiger partial charge in [0.05, 0.1) is 16.2 Å². The summed E-state index contributed by atoms with van der Waals surface area (Å²) in [4.78, 5) is 28.2. The topological polar surface area (TPSA) is 77.1 Å². The predicted octanol–water partition coefficient (Wildman–Crippen LogP) is 2.76. The Morgan fingerprint density at radius 2 is 2.29 bits per heavy atom. The summed E-state index contributed by atoms with van der Waals surface area (Å²) in [5.41, 5.74) is 2.04. The second kappa shape index (κ2) is 7.19. The fraction of sp³-hybridized carbons (Fsp3) is 0.312. The smallest absolute Gasteiger partial charge is 0.408 e. The number of fused-ring (bicyclic) bond motifs is 1. The molecular formula is C16H16ClN3O3S. The summed E-state index contributed by atoms with van der Waals surface area (Å²) in [6, 6.07) is 4.99. The van der Waals surface area contributed by atoms with Crippen molar-refractivity contribution in [3.63, 3.8) is 0 Å². The molecule has 24 heavy (non-hydrogen) atoms. The number of hydrogen-bond acceptors (Lipinski definition) is 5. The molecule has 1 aromatic carbocycles. The molecule has 0 aliphatic heterocycles. The number of halogens is 1. The van der Waals surface area contributed by atoms with E-state index in [1.54, 1.807) is 29.5 Å². The van der Waals surface area contributed by atoms with Crippen LogP contribution in [-0.2, 0) is 17.8 Å². The average Bonchev–Trinajstić information content (AvgIpc) is 3.07. The molecule has 3 rings (SSSR count). The number of amides is 1. The summed E-state index contributed by atoms with van der Waals surface area (Å²) in [7, 11) is 0. The molecule has 3 aromatic rings. The van der Waals surface area contributed by atoms with Crippen LogP contribution in [0.4, 0.5) is 0 Å². The number of nitrogens with one attached hydrogen (secondary N) is 1. The monoisotopic (exact) mass is 365 g/mol. The maximum Gasteiger partial charge on any atom is 0.419 e. The number of aryl methyl sites for hydroxylation is 2. The van der Waals surface area contributed by atoms with Gasteiger partial charge in [-0.05, 0) is 19.1 Å². The van der Waals surface area contributed by atoms with E-state index >= 15 is 0 Å². The molecule has 0 unspecified atom stereocenters. The molecule has 0 radical (unpaired) electrons. The van der Waals surface area contributed by atoms with Gasteiger partial charge in [-0.15, -0.1) is 11.3 Å². The zero-order valence-corrected chi connectivity index (χ0v) is 14.6. The van der Waals surface area contributed by atoms with Gasteiger partial charge in [-0.25, -0.2) is 9.78 Å². The van der Waals surface area contributed by atoms with E-state index in [2.05, 4.69) is 10.3 Å². The Labute approximate surface area is 147 Å². The average molecular weight is 366 g/mol. The van der Waals surface area contributed by atoms with E-state index in [9.17, 15) is 9.59 Å². The largest absolute Gasteiger partial charge is 0.419 e. The number of nitrogens with zero attached hydrogens (tertiary/aromatic N) is 2. The van der Waals surface area contributed by atoms with Gasteiger partial charge in [0.1, 0.15) is 0 Å². The van der Waals surface area contributed by atoms with Crippen molar-refractivity contribution < 1.29 is 9.21 Å². The molecule has 0 spiro atoms. The number of carbonyl (C=O) groups excluding carboxylic acids is 1. The molecule has 2 aromatic heterocycles. The zero-order valence-electron chi connectivity index (χ0n) is 13.0. The number of hydrogen-bond donors (Lipinski definition) is 1. The molecule has 0 fully saturated rings. The Hall–Kier alpha value is -2.12. The van der Waals surface area contributed by atoms with Gasteiger partial charge in [0.2, 0.25) is 5.91 Å². The van der Waals surface area contributed by atoms with E-state index in [-0.39, 0.29) is 18.9 Å². The van der Waals surface area contributed by atoms with Crippen molar-refractivity contribution in [1.29, 1.82) is 0 Å². The number of carbonyl (C=O) groups is 1. The van der Waals surface area contributed by atoms with Crippen molar-refractivity contribution in [3.8, 4) is 0 Å². The van der Waals surface area contributed by atoms with Crippen molar-refractivity contribution in [2.45, 2.75) is 26.3 Å². The Bertz CT molecular complexity index is 928. The van der Waals surface area contributed by atoms with Crippen LogP contribution in [0.1, 0.15) is 17.1 Å². The molecule has 0 saturated carbocycles. The third-order valence-electron chi connectivity index (χ3n) is 3.56. The van der Waals surface area contributed by atoms with Crippen LogP contribution < -0.4 is 11.1 Å². The summed E-state index contributed by atoms with van der Waals surface area (Å²) in [5.74, 6) is -0.602. The fourth-order valence-corrected chi connectivity index (χ4v) is 3.22. The molecule has 0 aliphatic carbocycles. The van der Waals surface area contributed by atoms with Crippen LogP contribution >= 0.6 is 22.9 Å². The van der Waals surface area contributed by atoms with Crippen molar-refractivity contribution in [1.82, 2.24) is 14.9 Å². The lowest BCUT2D eigenvalue weighted by molar-refractivity contribution is -0.121. The molecule has 0 saturated heterocycles. The summed E-state index contributed by atoms with van der Waals surface area (Å²) in [6.45, 7) is 2.74. The SMILES string of the molecule is Cc1nc(CCNC(=O)CCn2c(=O)oc3cc(Cl)ccc32)cs1. The summed E-state index contributed by atoms with van der Waals surface area (Å²) >= 11 is 7.47. The maximum absolute atomic E-state index is 11.9. The Morgan fingerprint density at radius 3 is 3.04 bits per heavy atom. The highest BCUT2D eigenvalue weighted by atomic mass is 35.5. The predicted molar refractivity (Wildman–Crippen MR) is 93.7 cm³/mol. The summed E-state index contributed by atoms with van der Waals surface area (Å²) in [5, 5.41) is 6.34. The van der Waals surface area contributed by atoms with Crippen molar-refractivity contribution in [2.75, 3.05) is 6.54 Å². The molecule has 126 valence electrons. The van der Waals surface area contributed by atoms with Crippen LogP contribution in [0.2, 0.25) is 5.02 Å². The minimum atomic E-state index is -0.488. The molecular weight excluding hydrogens is 350 g/mol. The quantitative estimate of drug-likeness (QED) is 0.728. The highest BCUT2D eigenvalue weighted by Crippen LogP contribution is 2.18. The zero-order chi connectivity index (χ0) is 17.1. The number of aromatic nitrogens is 2. The van der Waals surface area contributed by atoms with Crippen LogP contribution in [0.25, 0.3) is 11.1 Å². The van der Waals surface area contributed by atoms with Crippen LogP contribution in [0.3, 0.4) is 0 Å². The van der Waals surface area contributed by atoms with Crippen molar-refractivity contribution >= 4 is 39.9 Å². The Kier molecular flexibility index (Phi) is 5.01. The van der Waals surface area contributed by atoms with Gasteiger partial charge in [0.15, 0.2) is 5.58 Å². The minimum absolute atomic E-state index is 0.114. The lowest BCUT2D eigenvalue weighted by Crippen LogP contribution is -2.28. The number of oxazole rings is 1. The van der Waals surface area contributed by atoms with Gasteiger partial charge in [0.25, 0.3) is 0 Å². The van der Waals surface area contributed by atoms with Gasteiger partial charge < -0.3 is 9.73 Å². The Balaban J connectivity index is 1.54. The summed E-state index contributed by atoms with van der Waals surface area (Å²) in [6.07, 6.45) is 0.899. The molecule has 0 aliphatic rings. The first kappa shape index (κ1) is 16.7. The molecule has 8 heteroatoms. The van der Waals surface area contributed by atoms with E-state index in [0.717, 1.165) is 10.7 Å². The van der Waals surface area contributed by atoms with Crippen molar-refractivity contribution in [3.05, 3.63) is 49.9 Å². The van der Waals surface area contributed by atoms with E-state index in [4.69, 9.17) is 16.0 Å².